The van der Waals surface area contributed by atoms with Gasteiger partial charge in [-0.2, -0.15) is 0 Å². The number of furan rings is 1. The predicted molar refractivity (Wildman–Crippen MR) is 426 cm³/mol. The molecule has 4 aromatic heterocycles. The van der Waals surface area contributed by atoms with E-state index in [0.717, 1.165) is 5.56 Å². The molecular formula is C94H64BN5O. The highest BCUT2D eigenvalue weighted by atomic mass is 16.3. The molecule has 7 heteroatoms. The second-order valence-corrected chi connectivity index (χ2v) is 26.2. The highest BCUT2D eigenvalue weighted by molar-refractivity contribution is 7.00. The fourth-order valence-electron chi connectivity index (χ4n) is 15.4. The second-order valence-electron chi connectivity index (χ2n) is 26.2. The van der Waals surface area contributed by atoms with Crippen LogP contribution in [0.3, 0.4) is 0 Å². The van der Waals surface area contributed by atoms with Gasteiger partial charge in [0.25, 0.3) is 6.71 Å². The highest BCUT2D eigenvalue weighted by Gasteiger charge is 2.46. The van der Waals surface area contributed by atoms with Gasteiger partial charge < -0.3 is 27.9 Å². The highest BCUT2D eigenvalue weighted by Crippen LogP contribution is 2.54. The summed E-state index contributed by atoms with van der Waals surface area (Å²) in [6.07, 6.45) is 0. The summed E-state index contributed by atoms with van der Waals surface area (Å²) >= 11 is 0. The third-order valence-electron chi connectivity index (χ3n) is 19.8. The zero-order valence-corrected chi connectivity index (χ0v) is 53.7. The molecule has 19 aromatic rings. The van der Waals surface area contributed by atoms with Crippen molar-refractivity contribution in [1.29, 1.82) is 0 Å². The number of para-hydroxylation sites is 8. The van der Waals surface area contributed by atoms with Crippen LogP contribution in [0.1, 0.15) is 66.1 Å². The molecule has 2 aliphatic rings. The maximum absolute atomic E-state index is 10.2. The van der Waals surface area contributed by atoms with Crippen molar-refractivity contribution < 1.29 is 44.2 Å². The van der Waals surface area contributed by atoms with Crippen LogP contribution in [0.2, 0.25) is 0 Å². The molecule has 0 radical (unpaired) electrons. The molecule has 474 valence electrons. The van der Waals surface area contributed by atoms with Crippen molar-refractivity contribution in [3.63, 3.8) is 0 Å². The number of rotatable bonds is 8. The molecule has 6 heterocycles. The molecule has 0 atom stereocenters. The van der Waals surface area contributed by atoms with Crippen molar-refractivity contribution in [2.45, 2.75) is 26.2 Å². The van der Waals surface area contributed by atoms with Crippen LogP contribution in [0.15, 0.2) is 337 Å². The Balaban J connectivity index is 0.995. The van der Waals surface area contributed by atoms with Crippen molar-refractivity contribution in [3.8, 4) is 50.4 Å². The van der Waals surface area contributed by atoms with E-state index in [4.69, 9.17) is 16.8 Å². The van der Waals surface area contributed by atoms with Crippen LogP contribution in [-0.2, 0) is 5.41 Å². The fourth-order valence-corrected chi connectivity index (χ4v) is 15.4. The molecule has 0 N–H and O–H groups in total. The Morgan fingerprint density at radius 1 is 0.307 bits per heavy atom. The summed E-state index contributed by atoms with van der Waals surface area (Å²) in [4.78, 5) is 3.79. The first-order valence-corrected chi connectivity index (χ1v) is 32.7. The van der Waals surface area contributed by atoms with Crippen molar-refractivity contribution >= 4 is 145 Å². The first-order valence-electron chi connectivity index (χ1n) is 47.2. The standard InChI is InChI=1S/C94H64BN5O/c1-94(2,3)63-54-74(60-29-9-5-10-30-60)91(75(55-63)61-31-11-6-12-32-61)100-87-56-64(96-78-41-19-13-33-66(78)67-34-14-20-42-79(67)96)50-52-77(87)95-76-51-49-62(59-27-7-4-8-28-59)53-86(76)99(88-57-65(58-89(100)90(88)95)97-80-43-21-15-35-68(80)69-36-16-22-44-81(69)97)85-48-26-40-73-72-39-25-47-84(92(72)101-93(73)85)98-82-45-23-17-37-70(82)71-38-18-24-46-83(71)98/h4-58H,1-3H3/i4D,7D,8D,13D,14D,15D,16D,17D,18D,19D,20D,21D,22D,23D,24D,27D,28D,33D,34D,35D,36D,37D,38D,41D,42D,43D,44D,45D,46D. The van der Waals surface area contributed by atoms with Crippen molar-refractivity contribution in [1.82, 2.24) is 13.7 Å². The van der Waals surface area contributed by atoms with E-state index in [1.807, 2.05) is 65.6 Å². The Kier molecular flexibility index (Phi) is 7.70. The van der Waals surface area contributed by atoms with Gasteiger partial charge in [0.1, 0.15) is 0 Å². The first-order chi connectivity index (χ1) is 61.8. The molecule has 0 saturated heterocycles. The van der Waals surface area contributed by atoms with Gasteiger partial charge in [0.05, 0.1) is 95.6 Å². The largest absolute Gasteiger partial charge is 0.452 e. The molecule has 0 saturated carbocycles. The van der Waals surface area contributed by atoms with E-state index in [2.05, 4.69) is 32.9 Å². The minimum absolute atomic E-state index is 0.0155. The first kappa shape index (κ1) is 35.6. The van der Waals surface area contributed by atoms with Crippen LogP contribution in [0.4, 0.5) is 34.1 Å². The summed E-state index contributed by atoms with van der Waals surface area (Å²) in [5, 5.41) is -0.717. The zero-order chi connectivity index (χ0) is 92.0. The molecule has 101 heavy (non-hydrogen) atoms. The number of fused-ring (bicyclic) bond motifs is 16. The van der Waals surface area contributed by atoms with Gasteiger partial charge >= 0.3 is 0 Å². The number of nitrogens with zero attached hydrogens (tertiary/aromatic N) is 5. The Labute approximate surface area is 625 Å². The molecule has 2 aliphatic heterocycles. The Hall–Kier alpha value is -12.8. The molecule has 0 spiro atoms. The quantitative estimate of drug-likeness (QED) is 0.142. The predicted octanol–water partition coefficient (Wildman–Crippen LogP) is 23.3. The molecule has 0 amide bonds. The van der Waals surface area contributed by atoms with Crippen molar-refractivity contribution in [3.05, 3.63) is 339 Å². The Morgan fingerprint density at radius 3 is 1.23 bits per heavy atom. The third-order valence-corrected chi connectivity index (χ3v) is 19.8. The van der Waals surface area contributed by atoms with E-state index in [-0.39, 0.29) is 133 Å². The van der Waals surface area contributed by atoms with Crippen LogP contribution in [0.5, 0.6) is 0 Å². The van der Waals surface area contributed by atoms with Gasteiger partial charge in [-0.25, -0.2) is 0 Å². The van der Waals surface area contributed by atoms with Crippen LogP contribution >= 0.6 is 0 Å². The van der Waals surface area contributed by atoms with E-state index >= 15 is 0 Å². The molecule has 0 bridgehead atoms. The molecule has 0 unspecified atom stereocenters. The smallest absolute Gasteiger partial charge is 0.252 e. The fraction of sp³-hybridized carbons (Fsp3) is 0.0426. The van der Waals surface area contributed by atoms with E-state index in [0.29, 0.717) is 55.1 Å². The number of benzene rings is 15. The van der Waals surface area contributed by atoms with Crippen molar-refractivity contribution in [2.75, 3.05) is 9.80 Å². The van der Waals surface area contributed by atoms with Crippen LogP contribution < -0.4 is 26.2 Å². The molecule has 0 aliphatic carbocycles. The van der Waals surface area contributed by atoms with Gasteiger partial charge in [0, 0.05) is 82.7 Å². The van der Waals surface area contributed by atoms with Crippen LogP contribution in [-0.4, -0.2) is 20.4 Å². The zero-order valence-electron chi connectivity index (χ0n) is 82.7. The maximum Gasteiger partial charge on any atom is 0.252 e. The number of hydrogen-bond acceptors (Lipinski definition) is 3. The second kappa shape index (κ2) is 21.8. The number of hydrogen-bond donors (Lipinski definition) is 0. The van der Waals surface area contributed by atoms with Gasteiger partial charge in [-0.3, -0.25) is 0 Å². The molecule has 21 rings (SSSR count). The lowest BCUT2D eigenvalue weighted by atomic mass is 9.33. The monoisotopic (exact) mass is 1320 g/mol. The van der Waals surface area contributed by atoms with E-state index in [1.54, 1.807) is 89.8 Å². The molecular weight excluding hydrogens is 1230 g/mol. The Bertz CT molecular complexity index is 8170. The summed E-state index contributed by atoms with van der Waals surface area (Å²) in [6.45, 7) is 5.07. The molecule has 0 fully saturated rings. The van der Waals surface area contributed by atoms with Gasteiger partial charge in [-0.05, 0) is 140 Å². The summed E-state index contributed by atoms with van der Waals surface area (Å²) in [5.41, 5.74) is 4.06. The lowest BCUT2D eigenvalue weighted by Gasteiger charge is -2.45. The lowest BCUT2D eigenvalue weighted by Crippen LogP contribution is -2.61. The summed E-state index contributed by atoms with van der Waals surface area (Å²) in [7, 11) is 0. The average molecular weight is 1320 g/mol. The maximum atomic E-state index is 10.2. The van der Waals surface area contributed by atoms with Gasteiger partial charge in [-0.15, -0.1) is 0 Å². The van der Waals surface area contributed by atoms with E-state index in [1.165, 1.54) is 13.7 Å². The average Bonchev–Trinajstić information content (AvgIpc) is 1.14. The van der Waals surface area contributed by atoms with Crippen LogP contribution in [0.25, 0.3) is 138 Å². The van der Waals surface area contributed by atoms with Gasteiger partial charge in [0.15, 0.2) is 11.2 Å². The minimum Gasteiger partial charge on any atom is -0.452 e. The summed E-state index contributed by atoms with van der Waals surface area (Å²) in [5.74, 6) is 0. The van der Waals surface area contributed by atoms with Crippen molar-refractivity contribution in [2.24, 2.45) is 0 Å². The lowest BCUT2D eigenvalue weighted by molar-refractivity contribution is 0.591. The van der Waals surface area contributed by atoms with Gasteiger partial charge in [-0.1, -0.05) is 263 Å². The van der Waals surface area contributed by atoms with Crippen LogP contribution in [0, 0.1) is 0 Å². The topological polar surface area (TPSA) is 34.4 Å². The normalized spacial score (nSPS) is 16.9. The van der Waals surface area contributed by atoms with E-state index in [9.17, 15) is 27.4 Å². The molecule has 15 aromatic carbocycles. The summed E-state index contributed by atoms with van der Waals surface area (Å²) < 4.78 is 286. The van der Waals surface area contributed by atoms with E-state index < -0.39 is 187 Å². The third kappa shape index (κ3) is 8.47. The number of anilines is 6. The summed E-state index contributed by atoms with van der Waals surface area (Å²) in [6, 6.07) is 28.0. The Morgan fingerprint density at radius 2 is 0.723 bits per heavy atom. The SMILES string of the molecule is [2H]c1c([2H])c([2H])c(-c2ccc3c(c2)N(c2cccc4c2oc2c(-n5c6c([2H])c([2H])c([2H])c([2H])c6c6c([2H])c([2H])c([2H])c([2H])c65)cccc24)c2cc(-n4c5c([2H])c([2H])c([2H])c([2H])c5c5c([2H])c([2H])c([2H])c([2H])c54)cc4c2B3c2ccc(-n3c5c([2H])c([2H])c([2H])c([2H])c5c5c([2H])c([2H])c([2H])c([2H])c53)cc2N4c2c(-c3ccccc3)cc(C(C)(C)C)cc2-c2ccccc2)c([2H])c1[2H]. The van der Waals surface area contributed by atoms with Gasteiger partial charge in [0.2, 0.25) is 0 Å². The number of aromatic nitrogens is 3. The minimum atomic E-state index is -1.13. The molecule has 6 nitrogen and oxygen atoms in total.